The molecular formula is C20H20N2O3S. The second kappa shape index (κ2) is 5.84. The predicted molar refractivity (Wildman–Crippen MR) is 99.2 cm³/mol. The Labute approximate surface area is 152 Å². The van der Waals surface area contributed by atoms with Crippen molar-refractivity contribution in [2.75, 3.05) is 6.61 Å². The van der Waals surface area contributed by atoms with Gasteiger partial charge in [-0.05, 0) is 43.0 Å². The zero-order chi connectivity index (χ0) is 17.7. The molecule has 1 fully saturated rings. The summed E-state index contributed by atoms with van der Waals surface area (Å²) in [7, 11) is -3.70. The van der Waals surface area contributed by atoms with Gasteiger partial charge in [-0.15, -0.1) is 0 Å². The van der Waals surface area contributed by atoms with E-state index in [1.165, 1.54) is 16.8 Å². The summed E-state index contributed by atoms with van der Waals surface area (Å²) in [6.45, 7) is 0.531. The third-order valence-electron chi connectivity index (χ3n) is 5.59. The molecule has 0 radical (unpaired) electrons. The molecule has 6 heteroatoms. The molecule has 0 N–H and O–H groups in total. The van der Waals surface area contributed by atoms with Gasteiger partial charge in [0.05, 0.1) is 22.5 Å². The molecule has 0 atom stereocenters. The predicted octanol–water partition coefficient (Wildman–Crippen LogP) is 3.87. The average molecular weight is 368 g/mol. The number of ether oxygens (including phenoxy) is 1. The van der Waals surface area contributed by atoms with Gasteiger partial charge >= 0.3 is 0 Å². The van der Waals surface area contributed by atoms with Crippen LogP contribution in [0, 0.1) is 0 Å². The number of pyridine rings is 1. The Balaban J connectivity index is 1.73. The number of benzene rings is 1. The number of fused-ring (bicyclic) bond motifs is 2. The van der Waals surface area contributed by atoms with Gasteiger partial charge in [0.25, 0.3) is 10.0 Å². The van der Waals surface area contributed by atoms with Gasteiger partial charge in [-0.25, -0.2) is 12.4 Å². The fourth-order valence-corrected chi connectivity index (χ4v) is 5.96. The number of aromatic nitrogens is 2. The zero-order valence-corrected chi connectivity index (χ0v) is 15.2. The lowest BCUT2D eigenvalue weighted by atomic mass is 10.00. The Morgan fingerprint density at radius 2 is 1.96 bits per heavy atom. The van der Waals surface area contributed by atoms with E-state index in [1.807, 2.05) is 12.1 Å². The fraction of sp³-hybridized carbons (Fsp3) is 0.350. The summed E-state index contributed by atoms with van der Waals surface area (Å²) in [5.41, 5.74) is 3.31. The molecule has 1 aliphatic heterocycles. The summed E-state index contributed by atoms with van der Waals surface area (Å²) < 4.78 is 34.0. The van der Waals surface area contributed by atoms with E-state index in [1.54, 1.807) is 30.6 Å². The molecule has 0 bridgehead atoms. The minimum absolute atomic E-state index is 0.339. The smallest absolute Gasteiger partial charge is 0.268 e. The Morgan fingerprint density at radius 1 is 1.12 bits per heavy atom. The molecule has 0 unspecified atom stereocenters. The summed E-state index contributed by atoms with van der Waals surface area (Å²) in [6.07, 6.45) is 8.76. The lowest BCUT2D eigenvalue weighted by Crippen LogP contribution is -2.13. The first-order valence-electron chi connectivity index (χ1n) is 9.12. The molecule has 26 heavy (non-hydrogen) atoms. The van der Waals surface area contributed by atoms with Crippen LogP contribution in [-0.4, -0.2) is 24.0 Å². The van der Waals surface area contributed by atoms with Crippen molar-refractivity contribution < 1.29 is 13.2 Å². The van der Waals surface area contributed by atoms with Crippen LogP contribution in [0.2, 0.25) is 0 Å². The van der Waals surface area contributed by atoms with Crippen LogP contribution in [0.25, 0.3) is 11.0 Å². The lowest BCUT2D eigenvalue weighted by molar-refractivity contribution is 0.357. The minimum Gasteiger partial charge on any atom is -0.493 e. The van der Waals surface area contributed by atoms with Crippen LogP contribution in [0.5, 0.6) is 5.75 Å². The van der Waals surface area contributed by atoms with Crippen LogP contribution in [0.15, 0.2) is 47.6 Å². The van der Waals surface area contributed by atoms with Gasteiger partial charge < -0.3 is 4.74 Å². The molecule has 2 aromatic heterocycles. The molecule has 5 rings (SSSR count). The summed E-state index contributed by atoms with van der Waals surface area (Å²) >= 11 is 0. The standard InChI is InChI=1S/C20H20N2O3S/c23-26(24,19-9-3-8-18-15(19)10-12-25-18)22-13-16(14-5-1-2-6-14)20-17(22)7-4-11-21-20/h3-4,7-9,11,13-14H,1-2,5-6,10,12H2. The molecule has 3 heterocycles. The highest BCUT2D eigenvalue weighted by Crippen LogP contribution is 2.39. The summed E-state index contributed by atoms with van der Waals surface area (Å²) in [5, 5.41) is 0. The Morgan fingerprint density at radius 3 is 2.81 bits per heavy atom. The Bertz CT molecular complexity index is 1100. The number of hydrogen-bond donors (Lipinski definition) is 0. The average Bonchev–Trinajstić information content (AvgIpc) is 3.39. The molecule has 3 aromatic rings. The second-order valence-corrected chi connectivity index (χ2v) is 8.85. The quantitative estimate of drug-likeness (QED) is 0.704. The van der Waals surface area contributed by atoms with Gasteiger partial charge in [0, 0.05) is 29.9 Å². The van der Waals surface area contributed by atoms with Crippen molar-refractivity contribution >= 4 is 21.1 Å². The maximum absolute atomic E-state index is 13.5. The van der Waals surface area contributed by atoms with Gasteiger partial charge in [-0.2, -0.15) is 0 Å². The third kappa shape index (κ3) is 2.28. The van der Waals surface area contributed by atoms with Crippen molar-refractivity contribution in [3.05, 3.63) is 53.9 Å². The van der Waals surface area contributed by atoms with Crippen molar-refractivity contribution in [2.24, 2.45) is 0 Å². The van der Waals surface area contributed by atoms with Crippen molar-refractivity contribution in [1.29, 1.82) is 0 Å². The highest BCUT2D eigenvalue weighted by molar-refractivity contribution is 7.90. The largest absolute Gasteiger partial charge is 0.493 e. The lowest BCUT2D eigenvalue weighted by Gasteiger charge is -2.10. The topological polar surface area (TPSA) is 61.2 Å². The molecule has 1 aliphatic carbocycles. The minimum atomic E-state index is -3.70. The number of rotatable bonds is 3. The van der Waals surface area contributed by atoms with Crippen LogP contribution in [0.3, 0.4) is 0 Å². The van der Waals surface area contributed by atoms with Crippen LogP contribution >= 0.6 is 0 Å². The van der Waals surface area contributed by atoms with Gasteiger partial charge in [-0.1, -0.05) is 18.9 Å². The van der Waals surface area contributed by atoms with Gasteiger partial charge in [0.15, 0.2) is 0 Å². The Hall–Kier alpha value is -2.34. The molecule has 1 saturated carbocycles. The monoisotopic (exact) mass is 368 g/mol. The molecule has 0 saturated heterocycles. The molecule has 1 aromatic carbocycles. The molecular weight excluding hydrogens is 348 g/mol. The maximum atomic E-state index is 13.5. The summed E-state index contributed by atoms with van der Waals surface area (Å²) in [6, 6.07) is 8.91. The van der Waals surface area contributed by atoms with Crippen LogP contribution in [0.4, 0.5) is 0 Å². The highest BCUT2D eigenvalue weighted by Gasteiger charge is 2.30. The van der Waals surface area contributed by atoms with E-state index < -0.39 is 10.0 Å². The van der Waals surface area contributed by atoms with Crippen molar-refractivity contribution in [3.8, 4) is 5.75 Å². The zero-order valence-electron chi connectivity index (χ0n) is 14.4. The van der Waals surface area contributed by atoms with E-state index in [9.17, 15) is 8.42 Å². The molecule has 2 aliphatic rings. The van der Waals surface area contributed by atoms with Crippen molar-refractivity contribution in [2.45, 2.75) is 42.9 Å². The molecule has 0 spiro atoms. The maximum Gasteiger partial charge on any atom is 0.268 e. The first-order valence-corrected chi connectivity index (χ1v) is 10.6. The second-order valence-electron chi connectivity index (χ2n) is 7.07. The van der Waals surface area contributed by atoms with Crippen molar-refractivity contribution in [1.82, 2.24) is 8.96 Å². The van der Waals surface area contributed by atoms with Gasteiger partial charge in [-0.3, -0.25) is 4.98 Å². The van der Waals surface area contributed by atoms with E-state index in [0.717, 1.165) is 29.5 Å². The first-order chi connectivity index (χ1) is 12.7. The number of hydrogen-bond acceptors (Lipinski definition) is 4. The number of nitrogens with zero attached hydrogens (tertiary/aromatic N) is 2. The molecule has 5 nitrogen and oxygen atoms in total. The van der Waals surface area contributed by atoms with Crippen molar-refractivity contribution in [3.63, 3.8) is 0 Å². The van der Waals surface area contributed by atoms with Crippen LogP contribution in [0.1, 0.15) is 42.7 Å². The first kappa shape index (κ1) is 15.9. The van der Waals surface area contributed by atoms with E-state index in [0.29, 0.717) is 35.1 Å². The SMILES string of the molecule is O=S(=O)(c1cccc2c1CCO2)n1cc(C2CCCC2)c2ncccc21. The van der Waals surface area contributed by atoms with Gasteiger partial charge in [0.1, 0.15) is 5.75 Å². The van der Waals surface area contributed by atoms with E-state index in [2.05, 4.69) is 4.98 Å². The van der Waals surface area contributed by atoms with E-state index >= 15 is 0 Å². The summed E-state index contributed by atoms with van der Waals surface area (Å²) in [5.74, 6) is 1.07. The molecule has 0 amide bonds. The normalized spacial score (nSPS) is 17.5. The van der Waals surface area contributed by atoms with Gasteiger partial charge in [0.2, 0.25) is 0 Å². The molecule has 134 valence electrons. The fourth-order valence-electron chi connectivity index (χ4n) is 4.33. The highest BCUT2D eigenvalue weighted by atomic mass is 32.2. The Kier molecular flexibility index (Phi) is 3.57. The van der Waals surface area contributed by atoms with Crippen LogP contribution in [-0.2, 0) is 16.4 Å². The van der Waals surface area contributed by atoms with Crippen LogP contribution < -0.4 is 4.74 Å². The van der Waals surface area contributed by atoms with E-state index in [-0.39, 0.29) is 0 Å². The van der Waals surface area contributed by atoms with E-state index in [4.69, 9.17) is 4.74 Å². The summed E-state index contributed by atoms with van der Waals surface area (Å²) in [4.78, 5) is 4.86. The third-order valence-corrected chi connectivity index (χ3v) is 7.34.